The summed E-state index contributed by atoms with van der Waals surface area (Å²) in [7, 11) is 0. The lowest BCUT2D eigenvalue weighted by atomic mass is 9.85. The van der Waals surface area contributed by atoms with Crippen LogP contribution in [0.15, 0.2) is 23.7 Å². The number of aromatic nitrogens is 1. The van der Waals surface area contributed by atoms with Crippen LogP contribution in [0.4, 0.5) is 8.78 Å². The fourth-order valence-electron chi connectivity index (χ4n) is 1.44. The molecular weight excluding hydrogens is 208 g/mol. The Labute approximate surface area is 84.1 Å². The minimum atomic E-state index is -2.78. The summed E-state index contributed by atoms with van der Waals surface area (Å²) in [4.78, 5) is 0. The van der Waals surface area contributed by atoms with Crippen LogP contribution in [0, 0.1) is 0 Å². The van der Waals surface area contributed by atoms with Crippen LogP contribution in [0.2, 0.25) is 0 Å². The van der Waals surface area contributed by atoms with E-state index in [2.05, 4.69) is 4.37 Å². The first kappa shape index (κ1) is 9.73. The van der Waals surface area contributed by atoms with Gasteiger partial charge in [-0.15, -0.1) is 0 Å². The lowest BCUT2D eigenvalue weighted by Gasteiger charge is -2.29. The van der Waals surface area contributed by atoms with E-state index < -0.39 is 11.5 Å². The average molecular weight is 217 g/mol. The molecule has 1 atom stereocenters. The zero-order valence-electron chi connectivity index (χ0n) is 7.28. The van der Waals surface area contributed by atoms with Gasteiger partial charge in [-0.2, -0.15) is 0 Å². The lowest BCUT2D eigenvalue weighted by molar-refractivity contribution is -0.0136. The summed E-state index contributed by atoms with van der Waals surface area (Å²) < 4.78 is 29.4. The van der Waals surface area contributed by atoms with E-state index in [1.807, 2.05) is 0 Å². The Balaban J connectivity index is 2.29. The van der Waals surface area contributed by atoms with Crippen molar-refractivity contribution in [2.45, 2.75) is 24.4 Å². The van der Waals surface area contributed by atoms with Crippen LogP contribution in [-0.2, 0) is 5.60 Å². The smallest absolute Gasteiger partial charge is 0.266 e. The molecule has 0 fully saturated rings. The van der Waals surface area contributed by atoms with Crippen LogP contribution < -0.4 is 0 Å². The summed E-state index contributed by atoms with van der Waals surface area (Å²) in [6.45, 7) is 0. The monoisotopic (exact) mass is 217 g/mol. The number of hydrogen-bond donors (Lipinski definition) is 1. The molecule has 0 aliphatic heterocycles. The van der Waals surface area contributed by atoms with Gasteiger partial charge in [0.25, 0.3) is 5.92 Å². The molecule has 0 bridgehead atoms. The maximum atomic E-state index is 12.8. The first-order valence-corrected chi connectivity index (χ1v) is 5.06. The minimum absolute atomic E-state index is 0.0366. The first-order valence-electron chi connectivity index (χ1n) is 4.22. The largest absolute Gasteiger partial charge is 0.381 e. The van der Waals surface area contributed by atoms with Crippen LogP contribution >= 0.6 is 11.5 Å². The highest BCUT2D eigenvalue weighted by molar-refractivity contribution is 7.03. The molecule has 2 rings (SSSR count). The number of rotatable bonds is 1. The predicted octanol–water partition coefficient (Wildman–Crippen LogP) is 2.32. The van der Waals surface area contributed by atoms with Crippen molar-refractivity contribution in [1.29, 1.82) is 0 Å². The van der Waals surface area contributed by atoms with Gasteiger partial charge in [-0.1, -0.05) is 0 Å². The van der Waals surface area contributed by atoms with Crippen molar-refractivity contribution in [3.05, 3.63) is 29.3 Å². The summed E-state index contributed by atoms with van der Waals surface area (Å²) in [5.74, 6) is -2.78. The zero-order valence-corrected chi connectivity index (χ0v) is 8.10. The Bertz CT molecular complexity index is 350. The highest BCUT2D eigenvalue weighted by Crippen LogP contribution is 2.38. The summed E-state index contributed by atoms with van der Waals surface area (Å²) in [6, 6.07) is 0. The van der Waals surface area contributed by atoms with E-state index in [0.717, 1.165) is 6.08 Å². The molecule has 14 heavy (non-hydrogen) atoms. The van der Waals surface area contributed by atoms with E-state index in [1.165, 1.54) is 23.8 Å². The number of halogens is 2. The van der Waals surface area contributed by atoms with Crippen molar-refractivity contribution < 1.29 is 13.9 Å². The minimum Gasteiger partial charge on any atom is -0.381 e. The Hall–Kier alpha value is -0.810. The third kappa shape index (κ3) is 1.69. The van der Waals surface area contributed by atoms with Gasteiger partial charge >= 0.3 is 0 Å². The van der Waals surface area contributed by atoms with E-state index in [4.69, 9.17) is 0 Å². The molecular formula is C9H9F2NOS. The number of hydrogen-bond acceptors (Lipinski definition) is 3. The average Bonchev–Trinajstić information content (AvgIpc) is 2.64. The maximum absolute atomic E-state index is 12.8. The van der Waals surface area contributed by atoms with Crippen LogP contribution in [-0.4, -0.2) is 15.4 Å². The van der Waals surface area contributed by atoms with Crippen molar-refractivity contribution in [3.63, 3.8) is 0 Å². The van der Waals surface area contributed by atoms with Crippen molar-refractivity contribution in [2.75, 3.05) is 0 Å². The molecule has 0 saturated carbocycles. The second-order valence-corrected chi connectivity index (χ2v) is 4.09. The third-order valence-corrected chi connectivity index (χ3v) is 2.96. The molecule has 1 N–H and O–H groups in total. The van der Waals surface area contributed by atoms with E-state index in [-0.39, 0.29) is 12.8 Å². The molecule has 0 aromatic carbocycles. The molecule has 1 unspecified atom stereocenters. The van der Waals surface area contributed by atoms with Gasteiger partial charge in [0.05, 0.1) is 0 Å². The number of alkyl halides is 2. The molecule has 1 aromatic heterocycles. The van der Waals surface area contributed by atoms with Gasteiger partial charge < -0.3 is 5.11 Å². The standard InChI is InChI=1S/C9H9F2NOS/c10-9(11)3-1-8(13,2-4-9)7-5-12-14-6-7/h1,3,5-6,13H,2,4H2. The second kappa shape index (κ2) is 3.10. The van der Waals surface area contributed by atoms with Gasteiger partial charge in [-0.05, 0) is 30.1 Å². The van der Waals surface area contributed by atoms with E-state index in [9.17, 15) is 13.9 Å². The van der Waals surface area contributed by atoms with Gasteiger partial charge in [-0.3, -0.25) is 0 Å². The molecule has 5 heteroatoms. The highest BCUT2D eigenvalue weighted by Gasteiger charge is 2.38. The van der Waals surface area contributed by atoms with Crippen LogP contribution in [0.3, 0.4) is 0 Å². The van der Waals surface area contributed by atoms with Gasteiger partial charge in [0.1, 0.15) is 5.60 Å². The molecule has 0 saturated heterocycles. The SMILES string of the molecule is OC1(c2cnsc2)C=CC(F)(F)CC1. The van der Waals surface area contributed by atoms with Gasteiger partial charge in [0.2, 0.25) is 0 Å². The molecule has 0 spiro atoms. The predicted molar refractivity (Wildman–Crippen MR) is 49.3 cm³/mol. The van der Waals surface area contributed by atoms with Gasteiger partial charge in [0.15, 0.2) is 0 Å². The molecule has 0 radical (unpaired) electrons. The third-order valence-electron chi connectivity index (χ3n) is 2.37. The van der Waals surface area contributed by atoms with Crippen molar-refractivity contribution in [1.82, 2.24) is 4.37 Å². The fourth-order valence-corrected chi connectivity index (χ4v) is 2.06. The molecule has 76 valence electrons. The molecule has 1 aromatic rings. The van der Waals surface area contributed by atoms with E-state index in [1.54, 1.807) is 5.38 Å². The number of nitrogens with zero attached hydrogens (tertiary/aromatic N) is 1. The molecule has 1 heterocycles. The van der Waals surface area contributed by atoms with Gasteiger partial charge in [0, 0.05) is 23.6 Å². The molecule has 2 nitrogen and oxygen atoms in total. The van der Waals surface area contributed by atoms with Crippen molar-refractivity contribution in [3.8, 4) is 0 Å². The summed E-state index contributed by atoms with van der Waals surface area (Å²) in [6.07, 6.45) is 3.16. The fraction of sp³-hybridized carbons (Fsp3) is 0.444. The lowest BCUT2D eigenvalue weighted by Crippen LogP contribution is -2.31. The quantitative estimate of drug-likeness (QED) is 0.732. The first-order chi connectivity index (χ1) is 6.52. The second-order valence-electron chi connectivity index (χ2n) is 3.43. The summed E-state index contributed by atoms with van der Waals surface area (Å²) in [5.41, 5.74) is -0.663. The zero-order chi connectivity index (χ0) is 10.2. The highest BCUT2D eigenvalue weighted by atomic mass is 32.1. The molecule has 1 aliphatic rings. The topological polar surface area (TPSA) is 33.1 Å². The van der Waals surface area contributed by atoms with Crippen LogP contribution in [0.25, 0.3) is 0 Å². The van der Waals surface area contributed by atoms with E-state index >= 15 is 0 Å². The maximum Gasteiger partial charge on any atom is 0.266 e. The summed E-state index contributed by atoms with van der Waals surface area (Å²) >= 11 is 1.20. The Kier molecular flexibility index (Phi) is 2.16. The molecule has 0 amide bonds. The van der Waals surface area contributed by atoms with Crippen LogP contribution in [0.5, 0.6) is 0 Å². The Morgan fingerprint density at radius 2 is 2.14 bits per heavy atom. The van der Waals surface area contributed by atoms with E-state index in [0.29, 0.717) is 5.56 Å². The van der Waals surface area contributed by atoms with Gasteiger partial charge in [-0.25, -0.2) is 13.2 Å². The molecule has 1 aliphatic carbocycles. The summed E-state index contributed by atoms with van der Waals surface area (Å²) in [5, 5.41) is 11.7. The normalized spacial score (nSPS) is 30.5. The van der Waals surface area contributed by atoms with Crippen molar-refractivity contribution in [2.24, 2.45) is 0 Å². The van der Waals surface area contributed by atoms with Crippen LogP contribution in [0.1, 0.15) is 18.4 Å². The number of allylic oxidation sites excluding steroid dienone is 1. The Morgan fingerprint density at radius 3 is 2.64 bits per heavy atom. The van der Waals surface area contributed by atoms with Crippen molar-refractivity contribution >= 4 is 11.5 Å². The number of aliphatic hydroxyl groups is 1. The Morgan fingerprint density at radius 1 is 1.36 bits per heavy atom.